The number of nitrogens with zero attached hydrogens (tertiary/aromatic N) is 6. The highest BCUT2D eigenvalue weighted by Gasteiger charge is 2.25. The summed E-state index contributed by atoms with van der Waals surface area (Å²) in [5.74, 6) is 3.41. The van der Waals surface area contributed by atoms with E-state index in [9.17, 15) is 0 Å². The van der Waals surface area contributed by atoms with Gasteiger partial charge in [-0.1, -0.05) is 29.8 Å². The number of nitrogens with one attached hydrogen (secondary N) is 1. The van der Waals surface area contributed by atoms with Gasteiger partial charge in [0.2, 0.25) is 5.88 Å². The molecule has 170 valence electrons. The fraction of sp³-hybridized carbons (Fsp3) is 0.200. The molecule has 1 atom stereocenters. The highest BCUT2D eigenvalue weighted by molar-refractivity contribution is 6.31. The Morgan fingerprint density at radius 3 is 2.82 bits per heavy atom. The Bertz CT molecular complexity index is 1490. The van der Waals surface area contributed by atoms with Crippen LogP contribution in [0.4, 0.5) is 11.6 Å². The molecule has 1 aliphatic rings. The predicted octanol–water partition coefficient (Wildman–Crippen LogP) is 5.03. The van der Waals surface area contributed by atoms with E-state index < -0.39 is 0 Å². The molecule has 0 bridgehead atoms. The van der Waals surface area contributed by atoms with E-state index in [0.29, 0.717) is 6.61 Å². The third-order valence-corrected chi connectivity index (χ3v) is 6.54. The molecule has 1 unspecified atom stereocenters. The largest absolute Gasteiger partial charge is 0.478 e. The molecule has 0 aliphatic carbocycles. The molecule has 5 heterocycles. The molecule has 1 aliphatic heterocycles. The molecular weight excluding hydrogens is 450 g/mol. The van der Waals surface area contributed by atoms with Gasteiger partial charge in [-0.3, -0.25) is 4.68 Å². The number of rotatable bonds is 5. The van der Waals surface area contributed by atoms with Crippen LogP contribution in [-0.4, -0.2) is 36.0 Å². The maximum Gasteiger partial charge on any atom is 0.201 e. The first-order valence-electron chi connectivity index (χ1n) is 11.1. The number of pyridine rings is 2. The Kier molecular flexibility index (Phi) is 5.15. The zero-order chi connectivity index (χ0) is 23.1. The summed E-state index contributed by atoms with van der Waals surface area (Å²) in [6.07, 6.45) is 5.15. The molecule has 0 radical (unpaired) electrons. The van der Waals surface area contributed by atoms with E-state index in [2.05, 4.69) is 31.7 Å². The minimum Gasteiger partial charge on any atom is -0.478 e. The standard InChI is InChI=1S/C25H22ClN7O/c1-32-22(7-10-28-32)29-21-13-16(6-9-27-21)19-14-23-30-31-25-18(8-11-34-24(15-19)33(23)25)12-17-4-2-3-5-20(17)26/h2-7,9-10,13-15,18H,8,11-12H2,1H3,(H,27,29). The van der Waals surface area contributed by atoms with Crippen LogP contribution in [0.5, 0.6) is 5.88 Å². The van der Waals surface area contributed by atoms with Crippen molar-refractivity contribution in [1.82, 2.24) is 29.4 Å². The number of aromatic nitrogens is 6. The lowest BCUT2D eigenvalue weighted by Gasteiger charge is -2.13. The van der Waals surface area contributed by atoms with Crippen molar-refractivity contribution in [1.29, 1.82) is 0 Å². The Morgan fingerprint density at radius 1 is 1.06 bits per heavy atom. The van der Waals surface area contributed by atoms with E-state index >= 15 is 0 Å². The summed E-state index contributed by atoms with van der Waals surface area (Å²) in [6.45, 7) is 0.598. The van der Waals surface area contributed by atoms with E-state index in [1.807, 2.05) is 60.0 Å². The molecule has 0 fully saturated rings. The van der Waals surface area contributed by atoms with Crippen LogP contribution in [0.25, 0.3) is 16.8 Å². The summed E-state index contributed by atoms with van der Waals surface area (Å²) < 4.78 is 9.96. The number of benzene rings is 1. The molecule has 6 rings (SSSR count). The van der Waals surface area contributed by atoms with Gasteiger partial charge in [0.15, 0.2) is 5.65 Å². The van der Waals surface area contributed by atoms with Gasteiger partial charge in [0.05, 0.1) is 12.8 Å². The summed E-state index contributed by atoms with van der Waals surface area (Å²) >= 11 is 6.43. The second-order valence-corrected chi connectivity index (χ2v) is 8.77. The lowest BCUT2D eigenvalue weighted by atomic mass is 9.95. The van der Waals surface area contributed by atoms with E-state index in [4.69, 9.17) is 16.3 Å². The van der Waals surface area contributed by atoms with Crippen LogP contribution in [0.2, 0.25) is 5.02 Å². The quantitative estimate of drug-likeness (QED) is 0.387. The van der Waals surface area contributed by atoms with Crippen molar-refractivity contribution < 1.29 is 4.74 Å². The number of aryl methyl sites for hydroxylation is 1. The van der Waals surface area contributed by atoms with Gasteiger partial charge in [0.25, 0.3) is 0 Å². The molecule has 0 saturated heterocycles. The minimum absolute atomic E-state index is 0.164. The molecule has 34 heavy (non-hydrogen) atoms. The first-order chi connectivity index (χ1) is 16.7. The topological polar surface area (TPSA) is 82.2 Å². The fourth-order valence-electron chi connectivity index (χ4n) is 4.41. The van der Waals surface area contributed by atoms with Crippen LogP contribution >= 0.6 is 11.6 Å². The molecule has 9 heteroatoms. The summed E-state index contributed by atoms with van der Waals surface area (Å²) in [4.78, 5) is 4.45. The van der Waals surface area contributed by atoms with Crippen LogP contribution in [0.15, 0.2) is 67.0 Å². The summed E-state index contributed by atoms with van der Waals surface area (Å²) in [5, 5.41) is 17.3. The SMILES string of the molecule is Cn1nccc1Nc1cc(-c2cc3n4c(nnc4c2)C(Cc2ccccc2Cl)CCO3)ccn1. The van der Waals surface area contributed by atoms with E-state index in [1.165, 1.54) is 0 Å². The molecular formula is C25H22ClN7O. The van der Waals surface area contributed by atoms with Crippen LogP contribution < -0.4 is 10.1 Å². The number of hydrogen-bond acceptors (Lipinski definition) is 6. The zero-order valence-corrected chi connectivity index (χ0v) is 19.3. The highest BCUT2D eigenvalue weighted by Crippen LogP contribution is 2.35. The molecule has 1 N–H and O–H groups in total. The highest BCUT2D eigenvalue weighted by atomic mass is 35.5. The summed E-state index contributed by atoms with van der Waals surface area (Å²) in [5.41, 5.74) is 3.85. The monoisotopic (exact) mass is 471 g/mol. The van der Waals surface area contributed by atoms with Crippen LogP contribution in [0.1, 0.15) is 23.7 Å². The number of ether oxygens (including phenoxy) is 1. The van der Waals surface area contributed by atoms with Gasteiger partial charge in [-0.15, -0.1) is 10.2 Å². The smallest absolute Gasteiger partial charge is 0.201 e. The lowest BCUT2D eigenvalue weighted by Crippen LogP contribution is -2.08. The van der Waals surface area contributed by atoms with Crippen LogP contribution in [0, 0.1) is 0 Å². The Labute approximate surface area is 201 Å². The Morgan fingerprint density at radius 2 is 1.97 bits per heavy atom. The van der Waals surface area contributed by atoms with Crippen LogP contribution in [0.3, 0.4) is 0 Å². The number of hydrogen-bond donors (Lipinski definition) is 1. The fourth-order valence-corrected chi connectivity index (χ4v) is 4.62. The van der Waals surface area contributed by atoms with Gasteiger partial charge in [0.1, 0.15) is 17.5 Å². The average Bonchev–Trinajstić information content (AvgIpc) is 3.41. The average molecular weight is 472 g/mol. The molecule has 4 aromatic heterocycles. The van der Waals surface area contributed by atoms with Crippen molar-refractivity contribution in [3.05, 3.63) is 83.4 Å². The third kappa shape index (κ3) is 3.76. The first kappa shape index (κ1) is 20.7. The maximum atomic E-state index is 6.43. The van der Waals surface area contributed by atoms with Gasteiger partial charge in [0, 0.05) is 36.3 Å². The summed E-state index contributed by atoms with van der Waals surface area (Å²) in [6, 6.07) is 17.9. The van der Waals surface area contributed by atoms with Gasteiger partial charge >= 0.3 is 0 Å². The molecule has 0 saturated carbocycles. The summed E-state index contributed by atoms with van der Waals surface area (Å²) in [7, 11) is 1.88. The number of halogens is 1. The van der Waals surface area contributed by atoms with Crippen molar-refractivity contribution in [3.63, 3.8) is 0 Å². The Hall–Kier alpha value is -3.91. The molecule has 5 aromatic rings. The second-order valence-electron chi connectivity index (χ2n) is 8.36. The first-order valence-corrected chi connectivity index (χ1v) is 11.5. The predicted molar refractivity (Wildman–Crippen MR) is 131 cm³/mol. The molecule has 1 aromatic carbocycles. The van der Waals surface area contributed by atoms with Crippen molar-refractivity contribution in [3.8, 4) is 17.0 Å². The van der Waals surface area contributed by atoms with Crippen molar-refractivity contribution in [2.45, 2.75) is 18.8 Å². The maximum absolute atomic E-state index is 6.43. The zero-order valence-electron chi connectivity index (χ0n) is 18.5. The van der Waals surface area contributed by atoms with Gasteiger partial charge in [-0.25, -0.2) is 9.38 Å². The van der Waals surface area contributed by atoms with E-state index in [-0.39, 0.29) is 5.92 Å². The number of anilines is 2. The van der Waals surface area contributed by atoms with Crippen molar-refractivity contribution in [2.75, 3.05) is 11.9 Å². The molecule has 8 nitrogen and oxygen atoms in total. The van der Waals surface area contributed by atoms with Gasteiger partial charge in [-0.2, -0.15) is 5.10 Å². The van der Waals surface area contributed by atoms with Crippen LogP contribution in [-0.2, 0) is 13.5 Å². The van der Waals surface area contributed by atoms with Crippen molar-refractivity contribution in [2.24, 2.45) is 7.05 Å². The van der Waals surface area contributed by atoms with Gasteiger partial charge in [-0.05, 0) is 53.8 Å². The van der Waals surface area contributed by atoms with Crippen molar-refractivity contribution >= 4 is 28.9 Å². The van der Waals surface area contributed by atoms with E-state index in [1.54, 1.807) is 17.1 Å². The lowest BCUT2D eigenvalue weighted by molar-refractivity contribution is 0.296. The minimum atomic E-state index is 0.164. The third-order valence-electron chi connectivity index (χ3n) is 6.17. The second kappa shape index (κ2) is 8.46. The van der Waals surface area contributed by atoms with E-state index in [0.717, 1.165) is 63.5 Å². The normalized spacial score (nSPS) is 15.2. The Balaban J connectivity index is 1.35. The molecule has 0 spiro atoms. The van der Waals surface area contributed by atoms with Gasteiger partial charge < -0.3 is 10.1 Å². The molecule has 0 amide bonds.